The predicted molar refractivity (Wildman–Crippen MR) is 137 cm³/mol. The van der Waals surface area contributed by atoms with E-state index >= 15 is 0 Å². The van der Waals surface area contributed by atoms with Crippen molar-refractivity contribution in [3.63, 3.8) is 0 Å². The molecule has 1 aromatic heterocycles. The minimum Gasteiger partial charge on any atom is -0.492 e. The van der Waals surface area contributed by atoms with E-state index in [-0.39, 0.29) is 0 Å². The van der Waals surface area contributed by atoms with Crippen LogP contribution < -0.4 is 4.74 Å². The van der Waals surface area contributed by atoms with E-state index in [9.17, 15) is 0 Å². The number of aryl methyl sites for hydroxylation is 1. The third kappa shape index (κ3) is 6.96. The van der Waals surface area contributed by atoms with Gasteiger partial charge < -0.3 is 4.74 Å². The molecule has 0 amide bonds. The molecule has 1 heterocycles. The summed E-state index contributed by atoms with van der Waals surface area (Å²) in [6, 6.07) is 17.8. The minimum absolute atomic E-state index is 0.677. The first kappa shape index (κ1) is 23.1. The van der Waals surface area contributed by atoms with Gasteiger partial charge in [0.2, 0.25) is 0 Å². The highest BCUT2D eigenvalue weighted by atomic mass is 35.5. The molecule has 2 aromatic carbocycles. The van der Waals surface area contributed by atoms with E-state index in [1.54, 1.807) is 0 Å². The number of ether oxygens (including phenoxy) is 1. The maximum atomic E-state index is 6.05. The van der Waals surface area contributed by atoms with Gasteiger partial charge in [0, 0.05) is 42.0 Å². The number of hydrogen-bond acceptors (Lipinski definition) is 3. The fraction of sp³-hybridized carbons (Fsp3) is 0.276. The Hall–Kier alpha value is -3.06. The van der Waals surface area contributed by atoms with Gasteiger partial charge in [0.05, 0.1) is 0 Å². The van der Waals surface area contributed by atoms with Crippen molar-refractivity contribution in [2.75, 3.05) is 26.2 Å². The van der Waals surface area contributed by atoms with Crippen molar-refractivity contribution in [1.29, 1.82) is 0 Å². The van der Waals surface area contributed by atoms with Crippen LogP contribution in [0.2, 0.25) is 5.02 Å². The summed E-state index contributed by atoms with van der Waals surface area (Å²) in [5.41, 5.74) is 4.90. The second-order valence-corrected chi connectivity index (χ2v) is 8.95. The highest BCUT2D eigenvalue weighted by molar-refractivity contribution is 6.30. The molecule has 3 aromatic rings. The van der Waals surface area contributed by atoms with Gasteiger partial charge in [-0.15, -0.1) is 6.58 Å². The zero-order valence-electron chi connectivity index (χ0n) is 19.1. The molecule has 0 atom stereocenters. The number of halogens is 1. The first-order chi connectivity index (χ1) is 16.1. The molecule has 0 N–H and O–H groups in total. The quantitative estimate of drug-likeness (QED) is 0.275. The van der Waals surface area contributed by atoms with Crippen LogP contribution in [0.15, 0.2) is 73.4 Å². The van der Waals surface area contributed by atoms with Gasteiger partial charge in [0.15, 0.2) is 0 Å². The maximum absolute atomic E-state index is 6.05. The van der Waals surface area contributed by atoms with E-state index in [0.717, 1.165) is 64.3 Å². The van der Waals surface area contributed by atoms with E-state index in [0.29, 0.717) is 6.61 Å². The second-order valence-electron chi connectivity index (χ2n) is 8.51. The molecule has 0 spiro atoms. The number of benzene rings is 2. The summed E-state index contributed by atoms with van der Waals surface area (Å²) < 4.78 is 6.05. The molecule has 1 aliphatic rings. The monoisotopic (exact) mass is 456 g/mol. The molecule has 0 unspecified atom stereocenters. The molecule has 1 saturated carbocycles. The molecular weight excluding hydrogens is 428 g/mol. The van der Waals surface area contributed by atoms with E-state index in [4.69, 9.17) is 16.3 Å². The Bertz CT molecular complexity index is 1140. The molecule has 1 fully saturated rings. The summed E-state index contributed by atoms with van der Waals surface area (Å²) in [6.07, 6.45) is 6.53. The van der Waals surface area contributed by atoms with Crippen LogP contribution in [0.5, 0.6) is 5.75 Å². The molecule has 0 bridgehead atoms. The van der Waals surface area contributed by atoms with Crippen LogP contribution >= 0.6 is 11.6 Å². The summed E-state index contributed by atoms with van der Waals surface area (Å²) in [6.45, 7) is 9.60. The Morgan fingerprint density at radius 3 is 2.55 bits per heavy atom. The summed E-state index contributed by atoms with van der Waals surface area (Å²) in [7, 11) is 0. The van der Waals surface area contributed by atoms with Gasteiger partial charge in [0.25, 0.3) is 0 Å². The summed E-state index contributed by atoms with van der Waals surface area (Å²) in [5, 5.41) is 0.726. The Balaban J connectivity index is 1.33. The Morgan fingerprint density at radius 2 is 1.88 bits per heavy atom. The fourth-order valence-corrected chi connectivity index (χ4v) is 3.82. The summed E-state index contributed by atoms with van der Waals surface area (Å²) in [5.74, 6) is 8.14. The van der Waals surface area contributed by atoms with Crippen LogP contribution in [-0.4, -0.2) is 36.1 Å². The molecule has 33 heavy (non-hydrogen) atoms. The van der Waals surface area contributed by atoms with Gasteiger partial charge in [-0.1, -0.05) is 41.8 Å². The van der Waals surface area contributed by atoms with Crippen molar-refractivity contribution in [1.82, 2.24) is 9.88 Å². The smallest absolute Gasteiger partial charge is 0.122 e. The summed E-state index contributed by atoms with van der Waals surface area (Å²) in [4.78, 5) is 6.91. The van der Waals surface area contributed by atoms with Crippen molar-refractivity contribution in [2.24, 2.45) is 5.92 Å². The first-order valence-corrected chi connectivity index (χ1v) is 11.8. The normalized spacial score (nSPS) is 12.8. The third-order valence-electron chi connectivity index (χ3n) is 5.72. The van der Waals surface area contributed by atoms with Crippen LogP contribution in [0.3, 0.4) is 0 Å². The standard InChI is InChI=1S/C29H29ClN2O/c1-3-16-32(21-24-4-5-24)17-18-33-29-15-7-23(19-22(29)2)6-13-28-14-10-26(20-31-28)25-8-11-27(30)12-9-25/h3,7-12,14-15,19-20,24H,1,4-5,16-18,21H2,2H3. The minimum atomic E-state index is 0.677. The number of pyridine rings is 1. The number of hydrogen-bond donors (Lipinski definition) is 0. The Morgan fingerprint density at radius 1 is 1.09 bits per heavy atom. The Kier molecular flexibility index (Phi) is 7.83. The predicted octanol–water partition coefficient (Wildman–Crippen LogP) is 6.39. The van der Waals surface area contributed by atoms with Gasteiger partial charge in [-0.2, -0.15) is 0 Å². The van der Waals surface area contributed by atoms with Gasteiger partial charge in [-0.3, -0.25) is 4.90 Å². The van der Waals surface area contributed by atoms with Crippen molar-refractivity contribution in [3.8, 4) is 28.7 Å². The van der Waals surface area contributed by atoms with Gasteiger partial charge in [0.1, 0.15) is 18.1 Å². The van der Waals surface area contributed by atoms with Crippen molar-refractivity contribution >= 4 is 11.6 Å². The lowest BCUT2D eigenvalue weighted by Crippen LogP contribution is -2.30. The average molecular weight is 457 g/mol. The molecule has 0 aliphatic heterocycles. The van der Waals surface area contributed by atoms with E-state index < -0.39 is 0 Å². The SMILES string of the molecule is C=CCN(CCOc1ccc(C#Cc2ccc(-c3ccc(Cl)cc3)cn2)cc1C)CC1CC1. The Labute approximate surface area is 202 Å². The molecule has 168 valence electrons. The first-order valence-electron chi connectivity index (χ1n) is 11.4. The molecule has 1 aliphatic carbocycles. The highest BCUT2D eigenvalue weighted by Crippen LogP contribution is 2.29. The van der Waals surface area contributed by atoms with Crippen LogP contribution in [0, 0.1) is 24.7 Å². The van der Waals surface area contributed by atoms with Gasteiger partial charge >= 0.3 is 0 Å². The molecule has 0 radical (unpaired) electrons. The number of aromatic nitrogens is 1. The lowest BCUT2D eigenvalue weighted by atomic mass is 10.1. The topological polar surface area (TPSA) is 25.4 Å². The second kappa shape index (κ2) is 11.2. The van der Waals surface area contributed by atoms with Crippen LogP contribution in [0.1, 0.15) is 29.7 Å². The third-order valence-corrected chi connectivity index (χ3v) is 5.97. The molecule has 3 nitrogen and oxygen atoms in total. The van der Waals surface area contributed by atoms with Crippen molar-refractivity contribution in [2.45, 2.75) is 19.8 Å². The van der Waals surface area contributed by atoms with Gasteiger partial charge in [-0.25, -0.2) is 4.98 Å². The van der Waals surface area contributed by atoms with Gasteiger partial charge in [-0.05, 0) is 79.1 Å². The number of nitrogens with zero attached hydrogens (tertiary/aromatic N) is 2. The largest absolute Gasteiger partial charge is 0.492 e. The molecule has 4 rings (SSSR count). The lowest BCUT2D eigenvalue weighted by Gasteiger charge is -2.20. The fourth-order valence-electron chi connectivity index (χ4n) is 3.70. The van der Waals surface area contributed by atoms with E-state index in [1.165, 1.54) is 12.8 Å². The molecule has 4 heteroatoms. The zero-order chi connectivity index (χ0) is 23.0. The van der Waals surface area contributed by atoms with Crippen LogP contribution in [-0.2, 0) is 0 Å². The average Bonchev–Trinajstić information content (AvgIpc) is 3.64. The van der Waals surface area contributed by atoms with E-state index in [1.807, 2.05) is 60.8 Å². The van der Waals surface area contributed by atoms with Crippen LogP contribution in [0.25, 0.3) is 11.1 Å². The van der Waals surface area contributed by atoms with E-state index in [2.05, 4.69) is 41.3 Å². The summed E-state index contributed by atoms with van der Waals surface area (Å²) >= 11 is 5.97. The van der Waals surface area contributed by atoms with Crippen LogP contribution in [0.4, 0.5) is 0 Å². The molecular formula is C29H29ClN2O. The zero-order valence-corrected chi connectivity index (χ0v) is 19.8. The number of rotatable bonds is 9. The van der Waals surface area contributed by atoms with Crippen molar-refractivity contribution < 1.29 is 4.74 Å². The highest BCUT2D eigenvalue weighted by Gasteiger charge is 2.23. The maximum Gasteiger partial charge on any atom is 0.122 e. The van der Waals surface area contributed by atoms with Crippen molar-refractivity contribution in [3.05, 3.63) is 95.3 Å². The lowest BCUT2D eigenvalue weighted by molar-refractivity contribution is 0.216. The molecule has 0 saturated heterocycles.